The number of aliphatic hydroxyl groups excluding tert-OH is 1. The molecule has 0 bridgehead atoms. The lowest BCUT2D eigenvalue weighted by Gasteiger charge is -2.13. The lowest BCUT2D eigenvalue weighted by molar-refractivity contribution is -0.117. The Labute approximate surface area is 113 Å². The monoisotopic (exact) mass is 266 g/mol. The number of nitrogens with one attached hydrogen (secondary N) is 1. The van der Waals surface area contributed by atoms with E-state index in [9.17, 15) is 9.90 Å². The van der Waals surface area contributed by atoms with Crippen LogP contribution in [0.3, 0.4) is 0 Å². The number of primary amides is 1. The Hall–Kier alpha value is -1.59. The van der Waals surface area contributed by atoms with Crippen molar-refractivity contribution in [1.82, 2.24) is 5.32 Å². The molecular weight excluding hydrogens is 244 g/mol. The Bertz CT molecular complexity index is 379. The highest BCUT2D eigenvalue weighted by Crippen LogP contribution is 2.12. The van der Waals surface area contributed by atoms with Crippen molar-refractivity contribution < 1.29 is 14.6 Å². The van der Waals surface area contributed by atoms with Crippen LogP contribution in [0.5, 0.6) is 5.75 Å². The molecule has 0 saturated carbocycles. The lowest BCUT2D eigenvalue weighted by Crippen LogP contribution is -2.33. The average molecular weight is 266 g/mol. The number of rotatable bonds is 9. The van der Waals surface area contributed by atoms with Crippen molar-refractivity contribution >= 4 is 5.91 Å². The van der Waals surface area contributed by atoms with Gasteiger partial charge in [-0.1, -0.05) is 19.1 Å². The first-order valence-corrected chi connectivity index (χ1v) is 6.50. The van der Waals surface area contributed by atoms with Crippen molar-refractivity contribution in [2.75, 3.05) is 19.7 Å². The molecule has 1 rings (SSSR count). The highest BCUT2D eigenvalue weighted by molar-refractivity contribution is 5.73. The number of carbonyl (C=O) groups excluding carboxylic acids is 1. The number of aliphatic hydroxyl groups is 1. The molecule has 0 radical (unpaired) electrons. The molecule has 0 aliphatic rings. The SMILES string of the molecule is CCc1ccc(OCC(O)CNCCC(N)=O)cc1. The van der Waals surface area contributed by atoms with Crippen LogP contribution in [0.4, 0.5) is 0 Å². The minimum Gasteiger partial charge on any atom is -0.491 e. The fourth-order valence-electron chi connectivity index (χ4n) is 1.55. The Morgan fingerprint density at radius 2 is 2.11 bits per heavy atom. The first kappa shape index (κ1) is 15.5. The Morgan fingerprint density at radius 1 is 1.42 bits per heavy atom. The topological polar surface area (TPSA) is 84.6 Å². The summed E-state index contributed by atoms with van der Waals surface area (Å²) in [4.78, 5) is 10.5. The molecule has 1 aromatic carbocycles. The molecule has 0 aliphatic carbocycles. The summed E-state index contributed by atoms with van der Waals surface area (Å²) in [6, 6.07) is 7.80. The fraction of sp³-hybridized carbons (Fsp3) is 0.500. The van der Waals surface area contributed by atoms with Crippen LogP contribution in [0.15, 0.2) is 24.3 Å². The molecule has 0 fully saturated rings. The summed E-state index contributed by atoms with van der Waals surface area (Å²) in [5.74, 6) is 0.391. The molecule has 0 spiro atoms. The van der Waals surface area contributed by atoms with Crippen molar-refractivity contribution in [3.05, 3.63) is 29.8 Å². The molecule has 5 nitrogen and oxygen atoms in total. The van der Waals surface area contributed by atoms with E-state index in [2.05, 4.69) is 12.2 Å². The van der Waals surface area contributed by atoms with Crippen LogP contribution < -0.4 is 15.8 Å². The van der Waals surface area contributed by atoms with E-state index < -0.39 is 6.10 Å². The number of amides is 1. The molecule has 1 amide bonds. The first-order valence-electron chi connectivity index (χ1n) is 6.50. The van der Waals surface area contributed by atoms with Gasteiger partial charge in [0.05, 0.1) is 0 Å². The molecular formula is C14H22N2O3. The largest absolute Gasteiger partial charge is 0.491 e. The Kier molecular flexibility index (Phi) is 6.92. The summed E-state index contributed by atoms with van der Waals surface area (Å²) in [7, 11) is 0. The number of hydrogen-bond acceptors (Lipinski definition) is 4. The van der Waals surface area contributed by atoms with Crippen LogP contribution in [-0.2, 0) is 11.2 Å². The minimum atomic E-state index is -0.612. The molecule has 4 N–H and O–H groups in total. The van der Waals surface area contributed by atoms with Crippen LogP contribution in [0.25, 0.3) is 0 Å². The van der Waals surface area contributed by atoms with E-state index in [4.69, 9.17) is 10.5 Å². The molecule has 0 saturated heterocycles. The zero-order valence-corrected chi connectivity index (χ0v) is 11.3. The van der Waals surface area contributed by atoms with Gasteiger partial charge in [-0.2, -0.15) is 0 Å². The Balaban J connectivity index is 2.18. The second-order valence-electron chi connectivity index (χ2n) is 4.38. The summed E-state index contributed by atoms with van der Waals surface area (Å²) in [5, 5.41) is 12.6. The van der Waals surface area contributed by atoms with Crippen molar-refractivity contribution in [3.63, 3.8) is 0 Å². The van der Waals surface area contributed by atoms with E-state index in [-0.39, 0.29) is 18.9 Å². The third kappa shape index (κ3) is 6.79. The van der Waals surface area contributed by atoms with Gasteiger partial charge in [-0.05, 0) is 24.1 Å². The number of hydrogen-bond donors (Lipinski definition) is 3. The van der Waals surface area contributed by atoms with Crippen LogP contribution in [0, 0.1) is 0 Å². The predicted molar refractivity (Wildman–Crippen MR) is 74.0 cm³/mol. The predicted octanol–water partition coefficient (Wildman–Crippen LogP) is 0.454. The van der Waals surface area contributed by atoms with Gasteiger partial charge in [0.15, 0.2) is 0 Å². The second kappa shape index (κ2) is 8.50. The smallest absolute Gasteiger partial charge is 0.218 e. The van der Waals surface area contributed by atoms with E-state index >= 15 is 0 Å². The normalized spacial score (nSPS) is 12.1. The van der Waals surface area contributed by atoms with Gasteiger partial charge in [0.1, 0.15) is 18.5 Å². The summed E-state index contributed by atoms with van der Waals surface area (Å²) in [6.45, 7) is 3.16. The number of aryl methyl sites for hydroxylation is 1. The summed E-state index contributed by atoms with van der Waals surface area (Å²) < 4.78 is 5.46. The van der Waals surface area contributed by atoms with E-state index in [1.54, 1.807) is 0 Å². The van der Waals surface area contributed by atoms with E-state index in [1.807, 2.05) is 24.3 Å². The average Bonchev–Trinajstić information content (AvgIpc) is 2.41. The maximum absolute atomic E-state index is 10.5. The molecule has 106 valence electrons. The summed E-state index contributed by atoms with van der Waals surface area (Å²) >= 11 is 0. The first-order chi connectivity index (χ1) is 9.11. The molecule has 19 heavy (non-hydrogen) atoms. The molecule has 1 atom stereocenters. The minimum absolute atomic E-state index is 0.217. The molecule has 0 aliphatic heterocycles. The van der Waals surface area contributed by atoms with Gasteiger partial charge in [-0.25, -0.2) is 0 Å². The summed E-state index contributed by atoms with van der Waals surface area (Å²) in [6.07, 6.45) is 0.650. The van der Waals surface area contributed by atoms with Crippen molar-refractivity contribution in [2.45, 2.75) is 25.9 Å². The molecule has 1 aromatic rings. The van der Waals surface area contributed by atoms with Gasteiger partial charge in [-0.15, -0.1) is 0 Å². The van der Waals surface area contributed by atoms with E-state index in [0.717, 1.165) is 12.2 Å². The molecule has 0 heterocycles. The van der Waals surface area contributed by atoms with Crippen molar-refractivity contribution in [2.24, 2.45) is 5.73 Å². The molecule has 5 heteroatoms. The van der Waals surface area contributed by atoms with Crippen LogP contribution in [0.2, 0.25) is 0 Å². The van der Waals surface area contributed by atoms with Crippen LogP contribution in [-0.4, -0.2) is 36.8 Å². The van der Waals surface area contributed by atoms with Gasteiger partial charge < -0.3 is 20.9 Å². The van der Waals surface area contributed by atoms with Crippen LogP contribution in [0.1, 0.15) is 18.9 Å². The quantitative estimate of drug-likeness (QED) is 0.567. The standard InChI is InChI=1S/C14H22N2O3/c1-2-11-3-5-13(6-4-11)19-10-12(17)9-16-8-7-14(15)18/h3-6,12,16-17H,2,7-10H2,1H3,(H2,15,18). The molecule has 1 unspecified atom stereocenters. The van der Waals surface area contributed by atoms with E-state index in [0.29, 0.717) is 13.1 Å². The zero-order valence-electron chi connectivity index (χ0n) is 11.3. The third-order valence-corrected chi connectivity index (χ3v) is 2.70. The highest BCUT2D eigenvalue weighted by atomic mass is 16.5. The molecule has 0 aromatic heterocycles. The Morgan fingerprint density at radius 3 is 2.68 bits per heavy atom. The fourth-order valence-corrected chi connectivity index (χ4v) is 1.55. The van der Waals surface area contributed by atoms with Crippen molar-refractivity contribution in [1.29, 1.82) is 0 Å². The summed E-state index contributed by atoms with van der Waals surface area (Å²) in [5.41, 5.74) is 6.25. The van der Waals surface area contributed by atoms with Gasteiger partial charge in [0.2, 0.25) is 5.91 Å². The van der Waals surface area contributed by atoms with Gasteiger partial charge in [0, 0.05) is 19.5 Å². The van der Waals surface area contributed by atoms with Gasteiger partial charge in [0.25, 0.3) is 0 Å². The second-order valence-corrected chi connectivity index (χ2v) is 4.38. The third-order valence-electron chi connectivity index (χ3n) is 2.70. The van der Waals surface area contributed by atoms with Crippen molar-refractivity contribution in [3.8, 4) is 5.75 Å². The van der Waals surface area contributed by atoms with E-state index in [1.165, 1.54) is 5.56 Å². The number of benzene rings is 1. The number of ether oxygens (including phenoxy) is 1. The van der Waals surface area contributed by atoms with Gasteiger partial charge >= 0.3 is 0 Å². The lowest BCUT2D eigenvalue weighted by atomic mass is 10.2. The maximum Gasteiger partial charge on any atom is 0.218 e. The van der Waals surface area contributed by atoms with Crippen LogP contribution >= 0.6 is 0 Å². The maximum atomic E-state index is 10.5. The number of nitrogens with two attached hydrogens (primary N) is 1. The number of carbonyl (C=O) groups is 1. The highest BCUT2D eigenvalue weighted by Gasteiger charge is 2.05. The zero-order chi connectivity index (χ0) is 14.1. The van der Waals surface area contributed by atoms with Gasteiger partial charge in [-0.3, -0.25) is 4.79 Å².